The maximum atomic E-state index is 14.7. The topological polar surface area (TPSA) is 48.2 Å². The van der Waals surface area contributed by atoms with Crippen molar-refractivity contribution in [1.82, 2.24) is 9.88 Å². The van der Waals surface area contributed by atoms with E-state index in [1.807, 2.05) is 18.2 Å². The van der Waals surface area contributed by atoms with Crippen LogP contribution in [0.4, 0.5) is 10.1 Å². The first-order chi connectivity index (χ1) is 17.9. The van der Waals surface area contributed by atoms with Gasteiger partial charge in [0.15, 0.2) is 11.5 Å². The molecule has 1 atom stereocenters. The molecule has 1 saturated heterocycles. The summed E-state index contributed by atoms with van der Waals surface area (Å²) in [4.78, 5) is 10.5. The molecule has 3 heterocycles. The predicted molar refractivity (Wildman–Crippen MR) is 140 cm³/mol. The average molecular weight is 522 g/mol. The van der Waals surface area contributed by atoms with Crippen LogP contribution >= 0.6 is 11.6 Å². The van der Waals surface area contributed by atoms with E-state index in [4.69, 9.17) is 32.4 Å². The van der Waals surface area contributed by atoms with Crippen molar-refractivity contribution in [1.29, 1.82) is 0 Å². The zero-order valence-corrected chi connectivity index (χ0v) is 21.7. The molecular weight excluding hydrogens is 493 g/mol. The molecule has 1 aromatic heterocycles. The molecule has 1 fully saturated rings. The van der Waals surface area contributed by atoms with E-state index in [-0.39, 0.29) is 0 Å². The zero-order valence-electron chi connectivity index (χ0n) is 21.0. The van der Waals surface area contributed by atoms with E-state index in [1.54, 1.807) is 32.4 Å². The molecule has 0 aliphatic carbocycles. The molecule has 0 spiro atoms. The lowest BCUT2D eigenvalue weighted by molar-refractivity contribution is -0.0712. The summed E-state index contributed by atoms with van der Waals surface area (Å²) in [5.41, 5.74) is 4.03. The van der Waals surface area contributed by atoms with Gasteiger partial charge in [-0.1, -0.05) is 23.7 Å². The molecule has 2 aliphatic rings. The summed E-state index contributed by atoms with van der Waals surface area (Å²) in [6.45, 7) is 12.2. The molecule has 192 valence electrons. The van der Waals surface area contributed by atoms with Gasteiger partial charge >= 0.3 is 0 Å². The first-order valence-electron chi connectivity index (χ1n) is 12.4. The fourth-order valence-electron chi connectivity index (χ4n) is 5.21. The third-order valence-electron chi connectivity index (χ3n) is 7.18. The predicted octanol–water partition coefficient (Wildman–Crippen LogP) is 6.64. The van der Waals surface area contributed by atoms with Crippen LogP contribution in [0.2, 0.25) is 5.02 Å². The van der Waals surface area contributed by atoms with Crippen molar-refractivity contribution in [2.75, 3.05) is 26.8 Å². The lowest BCUT2D eigenvalue weighted by atomic mass is 9.88. The van der Waals surface area contributed by atoms with E-state index in [0.29, 0.717) is 40.3 Å². The highest BCUT2D eigenvalue weighted by Crippen LogP contribution is 2.49. The normalized spacial score (nSPS) is 19.6. The first kappa shape index (κ1) is 25.5. The van der Waals surface area contributed by atoms with E-state index in [9.17, 15) is 4.39 Å². The van der Waals surface area contributed by atoms with Gasteiger partial charge in [0.1, 0.15) is 5.82 Å². The number of aromatic nitrogens is 1. The van der Waals surface area contributed by atoms with Gasteiger partial charge in [0.2, 0.25) is 5.69 Å². The quantitative estimate of drug-likeness (QED) is 0.326. The minimum Gasteiger partial charge on any atom is -0.444 e. The van der Waals surface area contributed by atoms with Crippen molar-refractivity contribution in [2.24, 2.45) is 0 Å². The molecule has 0 bridgehead atoms. The molecule has 37 heavy (non-hydrogen) atoms. The number of para-hydroxylation sites is 1. The highest BCUT2D eigenvalue weighted by atomic mass is 35.5. The Morgan fingerprint density at radius 2 is 2.03 bits per heavy atom. The number of nitrogens with zero attached hydrogens (tertiary/aromatic N) is 3. The van der Waals surface area contributed by atoms with Crippen LogP contribution in [0.1, 0.15) is 48.1 Å². The number of likely N-dealkylation sites (tertiary alicyclic amines) is 1. The molecule has 0 N–H and O–H groups in total. The van der Waals surface area contributed by atoms with Crippen molar-refractivity contribution in [3.8, 4) is 11.5 Å². The fourth-order valence-corrected chi connectivity index (χ4v) is 5.37. The SMILES string of the molecule is [C-]#[N+]c1cnc(CN2CCC(c3cccc4c3OC(C)(c3ccc(Cl)cc3F)O4)CC2)c(CCOC)c1. The summed E-state index contributed by atoms with van der Waals surface area (Å²) in [6.07, 6.45) is 4.30. The van der Waals surface area contributed by atoms with Crippen LogP contribution in [0.3, 0.4) is 0 Å². The Hall–Kier alpha value is -3.18. The average Bonchev–Trinajstić information content (AvgIpc) is 3.25. The molecule has 2 aliphatic heterocycles. The highest BCUT2D eigenvalue weighted by Gasteiger charge is 2.42. The second-order valence-corrected chi connectivity index (χ2v) is 10.1. The maximum absolute atomic E-state index is 14.7. The van der Waals surface area contributed by atoms with Gasteiger partial charge in [-0.2, -0.15) is 0 Å². The Kier molecular flexibility index (Phi) is 7.34. The monoisotopic (exact) mass is 521 g/mol. The zero-order chi connectivity index (χ0) is 26.0. The Labute approximate surface area is 221 Å². The number of pyridine rings is 1. The number of hydrogen-bond acceptors (Lipinski definition) is 5. The first-order valence-corrected chi connectivity index (χ1v) is 12.8. The van der Waals surface area contributed by atoms with E-state index in [1.165, 1.54) is 6.07 Å². The van der Waals surface area contributed by atoms with E-state index < -0.39 is 11.6 Å². The van der Waals surface area contributed by atoms with Gasteiger partial charge in [-0.25, -0.2) is 9.24 Å². The Bertz CT molecular complexity index is 1340. The van der Waals surface area contributed by atoms with Crippen molar-refractivity contribution in [3.05, 3.63) is 93.3 Å². The third kappa shape index (κ3) is 5.28. The second kappa shape index (κ2) is 10.7. The number of methoxy groups -OCH3 is 1. The summed E-state index contributed by atoms with van der Waals surface area (Å²) in [5, 5.41) is 0.330. The number of halogens is 2. The van der Waals surface area contributed by atoms with Gasteiger partial charge in [-0.3, -0.25) is 9.88 Å². The number of hydrogen-bond donors (Lipinski definition) is 0. The van der Waals surface area contributed by atoms with Crippen LogP contribution in [-0.2, 0) is 23.5 Å². The standard InChI is InChI=1S/C29H29ClFN3O3/c1-29(24-8-7-21(30)16-25(24)31)36-27-6-4-5-23(28(27)37-29)19-9-12-34(13-10-19)18-26-20(11-14-35-3)15-22(32-2)17-33-26/h4-8,15-17,19H,9-14,18H2,1,3H3. The van der Waals surface area contributed by atoms with Gasteiger partial charge in [0.05, 0.1) is 24.4 Å². The van der Waals surface area contributed by atoms with Crippen molar-refractivity contribution in [3.63, 3.8) is 0 Å². The Morgan fingerprint density at radius 1 is 1.22 bits per heavy atom. The van der Waals surface area contributed by atoms with Crippen LogP contribution in [0.5, 0.6) is 11.5 Å². The van der Waals surface area contributed by atoms with Crippen LogP contribution in [0.25, 0.3) is 4.85 Å². The second-order valence-electron chi connectivity index (χ2n) is 9.65. The molecule has 3 aromatic rings. The largest absolute Gasteiger partial charge is 0.444 e. The summed E-state index contributed by atoms with van der Waals surface area (Å²) >= 11 is 5.95. The number of fused-ring (bicyclic) bond motifs is 1. The Balaban J connectivity index is 1.28. The van der Waals surface area contributed by atoms with Gasteiger partial charge in [0, 0.05) is 37.4 Å². The number of rotatable bonds is 7. The highest BCUT2D eigenvalue weighted by molar-refractivity contribution is 6.30. The van der Waals surface area contributed by atoms with Gasteiger partial charge in [0.25, 0.3) is 5.79 Å². The maximum Gasteiger partial charge on any atom is 0.278 e. The van der Waals surface area contributed by atoms with Crippen LogP contribution in [0.15, 0.2) is 48.7 Å². The Morgan fingerprint density at radius 3 is 2.76 bits per heavy atom. The number of piperidine rings is 1. The summed E-state index contributed by atoms with van der Waals surface area (Å²) in [7, 11) is 1.68. The van der Waals surface area contributed by atoms with Crippen molar-refractivity contribution < 1.29 is 18.6 Å². The third-order valence-corrected chi connectivity index (χ3v) is 7.42. The van der Waals surface area contributed by atoms with Gasteiger partial charge in [-0.15, -0.1) is 0 Å². The smallest absolute Gasteiger partial charge is 0.278 e. The van der Waals surface area contributed by atoms with E-state index in [0.717, 1.165) is 55.7 Å². The summed E-state index contributed by atoms with van der Waals surface area (Å²) in [5.74, 6) is -0.0896. The van der Waals surface area contributed by atoms with E-state index >= 15 is 0 Å². The molecule has 8 heteroatoms. The molecule has 1 unspecified atom stereocenters. The van der Waals surface area contributed by atoms with Crippen molar-refractivity contribution >= 4 is 17.3 Å². The van der Waals surface area contributed by atoms with E-state index in [2.05, 4.69) is 20.8 Å². The summed E-state index contributed by atoms with van der Waals surface area (Å²) < 4.78 is 32.4. The molecule has 0 radical (unpaired) electrons. The minimum atomic E-state index is -1.25. The van der Waals surface area contributed by atoms with Gasteiger partial charge < -0.3 is 14.2 Å². The molecular formula is C29H29ClFN3O3. The molecule has 5 rings (SSSR count). The van der Waals surface area contributed by atoms with Crippen LogP contribution < -0.4 is 9.47 Å². The van der Waals surface area contributed by atoms with Crippen LogP contribution in [-0.4, -0.2) is 36.7 Å². The molecule has 2 aromatic carbocycles. The number of benzene rings is 2. The molecule has 0 amide bonds. The lowest BCUT2D eigenvalue weighted by Crippen LogP contribution is -2.34. The molecule has 0 saturated carbocycles. The van der Waals surface area contributed by atoms with Crippen molar-refractivity contribution in [2.45, 2.75) is 44.4 Å². The lowest BCUT2D eigenvalue weighted by Gasteiger charge is -2.33. The fraction of sp³-hybridized carbons (Fsp3) is 0.379. The molecule has 6 nitrogen and oxygen atoms in total. The van der Waals surface area contributed by atoms with Gasteiger partial charge in [-0.05, 0) is 74.2 Å². The number of ether oxygens (including phenoxy) is 3. The summed E-state index contributed by atoms with van der Waals surface area (Å²) in [6, 6.07) is 12.4. The van der Waals surface area contributed by atoms with Crippen LogP contribution in [0, 0.1) is 12.4 Å². The minimum absolute atomic E-state index is 0.303.